The van der Waals surface area contributed by atoms with Crippen molar-refractivity contribution in [2.24, 2.45) is 11.8 Å². The number of unbranched alkanes of at least 4 members (excludes halogenated alkanes) is 3. The van der Waals surface area contributed by atoms with E-state index in [2.05, 4.69) is 5.32 Å². The highest BCUT2D eigenvalue weighted by Gasteiger charge is 2.78. The molecular weight excluding hydrogens is 460 g/mol. The number of nitrogens with one attached hydrogen (secondary N) is 1. The number of nitrogens with zero attached hydrogens (tertiary/aromatic N) is 1. The highest BCUT2D eigenvalue weighted by molar-refractivity contribution is 6.30. The third-order valence-electron chi connectivity index (χ3n) is 7.48. The van der Waals surface area contributed by atoms with Crippen molar-refractivity contribution in [1.29, 1.82) is 0 Å². The summed E-state index contributed by atoms with van der Waals surface area (Å²) in [6.45, 7) is 4.32. The molecule has 0 radical (unpaired) electrons. The van der Waals surface area contributed by atoms with Gasteiger partial charge in [0, 0.05) is 23.9 Å². The van der Waals surface area contributed by atoms with E-state index >= 15 is 0 Å². The Balaban J connectivity index is 1.64. The number of anilines is 1. The smallest absolute Gasteiger partial charge is 0.312 e. The molecule has 9 heteroatoms. The topological polar surface area (TPSA) is 105 Å². The van der Waals surface area contributed by atoms with Gasteiger partial charge >= 0.3 is 5.97 Å². The molecule has 0 saturated carbocycles. The summed E-state index contributed by atoms with van der Waals surface area (Å²) in [5, 5.41) is 12.5. The van der Waals surface area contributed by atoms with E-state index in [4.69, 9.17) is 26.2 Å². The molecule has 1 aromatic carbocycles. The molecule has 4 rings (SSSR count). The lowest BCUT2D eigenvalue weighted by atomic mass is 9.66. The summed E-state index contributed by atoms with van der Waals surface area (Å²) in [7, 11) is 0. The van der Waals surface area contributed by atoms with Crippen molar-refractivity contribution in [1.82, 2.24) is 4.90 Å². The molecule has 3 heterocycles. The molecule has 0 aromatic heterocycles. The minimum atomic E-state index is -1.06. The number of hydrogen-bond donors (Lipinski definition) is 2. The van der Waals surface area contributed by atoms with Gasteiger partial charge in [0.1, 0.15) is 17.6 Å². The van der Waals surface area contributed by atoms with Crippen LogP contribution in [0, 0.1) is 11.8 Å². The third-order valence-corrected chi connectivity index (χ3v) is 7.74. The molecule has 2 N–H and O–H groups in total. The fourth-order valence-electron chi connectivity index (χ4n) is 6.05. The number of carbonyl (C=O) groups is 3. The van der Waals surface area contributed by atoms with Crippen LogP contribution in [0.15, 0.2) is 24.3 Å². The second-order valence-corrected chi connectivity index (χ2v) is 10.1. The third kappa shape index (κ3) is 4.20. The van der Waals surface area contributed by atoms with Gasteiger partial charge in [0.05, 0.1) is 18.1 Å². The fourth-order valence-corrected chi connectivity index (χ4v) is 6.17. The van der Waals surface area contributed by atoms with Crippen LogP contribution < -0.4 is 5.32 Å². The van der Waals surface area contributed by atoms with Crippen molar-refractivity contribution < 1.29 is 29.0 Å². The quantitative estimate of drug-likeness (QED) is 0.384. The maximum Gasteiger partial charge on any atom is 0.312 e. The highest BCUT2D eigenvalue weighted by Crippen LogP contribution is 2.63. The molecule has 3 aliphatic rings. The summed E-state index contributed by atoms with van der Waals surface area (Å²) in [4.78, 5) is 42.0. The molecule has 2 unspecified atom stereocenters. The molecule has 8 nitrogen and oxygen atoms in total. The van der Waals surface area contributed by atoms with Crippen molar-refractivity contribution in [3.8, 4) is 0 Å². The Morgan fingerprint density at radius 3 is 2.59 bits per heavy atom. The molecule has 1 spiro atoms. The first-order valence-corrected chi connectivity index (χ1v) is 12.5. The van der Waals surface area contributed by atoms with Gasteiger partial charge in [-0.1, -0.05) is 24.4 Å². The predicted octanol–water partition coefficient (Wildman–Crippen LogP) is 3.16. The minimum Gasteiger partial charge on any atom is -0.466 e. The zero-order valence-corrected chi connectivity index (χ0v) is 20.5. The molecule has 186 valence electrons. The van der Waals surface area contributed by atoms with Crippen LogP contribution in [0.25, 0.3) is 0 Å². The lowest BCUT2D eigenvalue weighted by Gasteiger charge is -2.33. The van der Waals surface area contributed by atoms with E-state index in [1.807, 2.05) is 6.92 Å². The van der Waals surface area contributed by atoms with Crippen LogP contribution in [0.3, 0.4) is 0 Å². The van der Waals surface area contributed by atoms with Crippen molar-refractivity contribution in [2.75, 3.05) is 25.1 Å². The molecule has 5 atom stereocenters. The van der Waals surface area contributed by atoms with Crippen LogP contribution in [0.5, 0.6) is 0 Å². The van der Waals surface area contributed by atoms with Crippen LogP contribution in [0.4, 0.5) is 5.69 Å². The number of fused-ring (bicyclic) bond motifs is 1. The lowest BCUT2D eigenvalue weighted by molar-refractivity contribution is -0.158. The van der Waals surface area contributed by atoms with Crippen LogP contribution in [0.2, 0.25) is 5.02 Å². The highest BCUT2D eigenvalue weighted by atomic mass is 35.5. The molecular formula is C25H33ClN2O6. The van der Waals surface area contributed by atoms with Crippen LogP contribution in [0.1, 0.15) is 52.4 Å². The molecule has 3 aliphatic heterocycles. The van der Waals surface area contributed by atoms with Gasteiger partial charge < -0.3 is 24.8 Å². The molecule has 0 aliphatic carbocycles. The molecule has 2 bridgehead atoms. The van der Waals surface area contributed by atoms with Crippen molar-refractivity contribution in [3.05, 3.63) is 29.3 Å². The van der Waals surface area contributed by atoms with E-state index in [9.17, 15) is 14.4 Å². The van der Waals surface area contributed by atoms with Gasteiger partial charge in [0.15, 0.2) is 0 Å². The molecule has 3 saturated heterocycles. The lowest BCUT2D eigenvalue weighted by Crippen LogP contribution is -2.53. The summed E-state index contributed by atoms with van der Waals surface area (Å²) < 4.78 is 11.8. The second kappa shape index (κ2) is 9.84. The summed E-state index contributed by atoms with van der Waals surface area (Å²) >= 11 is 5.98. The van der Waals surface area contributed by atoms with Crippen molar-refractivity contribution >= 4 is 35.1 Å². The maximum atomic E-state index is 13.8. The van der Waals surface area contributed by atoms with E-state index in [0.29, 0.717) is 42.9 Å². The Hall–Kier alpha value is -2.16. The SMILES string of the molecule is CCOC(=O)[C@H]1[C@H]2C(=O)N(CCCCCCO)C(C(=O)Nc3ccc(Cl)cc3)C23CC[C@]1(C)O3. The summed E-state index contributed by atoms with van der Waals surface area (Å²) in [6.07, 6.45) is 4.17. The number of halogens is 1. The fraction of sp³-hybridized carbons (Fsp3) is 0.640. The number of amides is 2. The number of esters is 1. The Morgan fingerprint density at radius 2 is 1.91 bits per heavy atom. The average Bonchev–Trinajstić information content (AvgIpc) is 3.36. The minimum absolute atomic E-state index is 0.133. The molecule has 1 aromatic rings. The van der Waals surface area contributed by atoms with E-state index in [1.54, 1.807) is 36.1 Å². The number of benzene rings is 1. The van der Waals surface area contributed by atoms with Crippen LogP contribution in [-0.2, 0) is 23.9 Å². The first kappa shape index (κ1) is 24.9. The summed E-state index contributed by atoms with van der Waals surface area (Å²) in [5.74, 6) is -2.48. The van der Waals surface area contributed by atoms with Gasteiger partial charge in [-0.25, -0.2) is 0 Å². The van der Waals surface area contributed by atoms with Gasteiger partial charge in [-0.05, 0) is 63.8 Å². The van der Waals surface area contributed by atoms with Crippen molar-refractivity contribution in [2.45, 2.75) is 69.6 Å². The van der Waals surface area contributed by atoms with Crippen molar-refractivity contribution in [3.63, 3.8) is 0 Å². The Kier molecular flexibility index (Phi) is 7.22. The maximum absolute atomic E-state index is 13.8. The normalized spacial score (nSPS) is 31.6. The standard InChI is InChI=1S/C25H33ClN2O6/c1-3-33-23(32)19-18-22(31)28(14-6-4-5-7-15-29)20(25(18)13-12-24(19,2)34-25)21(30)27-17-10-8-16(26)9-11-17/h8-11,18-20,29H,3-7,12-15H2,1-2H3,(H,27,30)/t18-,19+,20?,24-,25?/m0/s1. The zero-order valence-electron chi connectivity index (χ0n) is 19.7. The van der Waals surface area contributed by atoms with Gasteiger partial charge in [0.2, 0.25) is 11.8 Å². The van der Waals surface area contributed by atoms with E-state index < -0.39 is 35.0 Å². The summed E-state index contributed by atoms with van der Waals surface area (Å²) in [6, 6.07) is 5.95. The largest absolute Gasteiger partial charge is 0.466 e. The monoisotopic (exact) mass is 492 g/mol. The van der Waals surface area contributed by atoms with E-state index in [1.165, 1.54) is 0 Å². The molecule has 34 heavy (non-hydrogen) atoms. The van der Waals surface area contributed by atoms with Gasteiger partial charge in [-0.3, -0.25) is 14.4 Å². The number of carbonyl (C=O) groups excluding carboxylic acids is 3. The summed E-state index contributed by atoms with van der Waals surface area (Å²) in [5.41, 5.74) is -1.32. The number of rotatable bonds is 10. The first-order valence-electron chi connectivity index (χ1n) is 12.1. The number of likely N-dealkylation sites (tertiary alicyclic amines) is 1. The van der Waals surface area contributed by atoms with Gasteiger partial charge in [-0.2, -0.15) is 0 Å². The molecule has 2 amide bonds. The Labute approximate surface area is 204 Å². The number of hydrogen-bond acceptors (Lipinski definition) is 6. The number of aliphatic hydroxyl groups is 1. The average molecular weight is 493 g/mol. The molecule has 3 fully saturated rings. The Bertz CT molecular complexity index is 940. The van der Waals surface area contributed by atoms with Crippen LogP contribution in [-0.4, -0.2) is 64.8 Å². The first-order chi connectivity index (χ1) is 16.3. The van der Waals surface area contributed by atoms with Gasteiger partial charge in [0.25, 0.3) is 0 Å². The van der Waals surface area contributed by atoms with E-state index in [0.717, 1.165) is 12.8 Å². The predicted molar refractivity (Wildman–Crippen MR) is 126 cm³/mol. The number of aliphatic hydroxyl groups excluding tert-OH is 1. The zero-order chi connectivity index (χ0) is 24.5. The van der Waals surface area contributed by atoms with E-state index in [-0.39, 0.29) is 25.0 Å². The van der Waals surface area contributed by atoms with Gasteiger partial charge in [-0.15, -0.1) is 0 Å². The number of ether oxygens (including phenoxy) is 2. The Morgan fingerprint density at radius 1 is 1.21 bits per heavy atom. The second-order valence-electron chi connectivity index (χ2n) is 9.65. The van der Waals surface area contributed by atoms with Crippen LogP contribution >= 0.6 is 11.6 Å².